The number of rotatable bonds is 3. The lowest BCUT2D eigenvalue weighted by Gasteiger charge is -2.05. The zero-order chi connectivity index (χ0) is 16.2. The summed E-state index contributed by atoms with van der Waals surface area (Å²) < 4.78 is 6.40. The molecule has 22 heavy (non-hydrogen) atoms. The van der Waals surface area contributed by atoms with E-state index in [1.807, 2.05) is 22.8 Å². The minimum atomic E-state index is -0.375. The lowest BCUT2D eigenvalue weighted by molar-refractivity contribution is 0.679. The number of alkyl halides is 1. The Hall–Kier alpha value is -2.02. The molecule has 0 unspecified atom stereocenters. The molecule has 3 aromatic rings. The molecule has 8 heteroatoms. The van der Waals surface area contributed by atoms with Crippen molar-refractivity contribution in [3.8, 4) is 0 Å². The SMILES string of the molecule is Cc1c(C)n2c3c(=O)n(C)c(=O)n(C)c3nc2n1CCCCl. The number of imidazole rings is 2. The van der Waals surface area contributed by atoms with Gasteiger partial charge >= 0.3 is 5.69 Å². The Morgan fingerprint density at radius 3 is 2.41 bits per heavy atom. The molecule has 0 aromatic carbocycles. The van der Waals surface area contributed by atoms with Crippen LogP contribution in [0.5, 0.6) is 0 Å². The van der Waals surface area contributed by atoms with E-state index >= 15 is 0 Å². The highest BCUT2D eigenvalue weighted by Crippen LogP contribution is 2.20. The van der Waals surface area contributed by atoms with Crippen molar-refractivity contribution in [1.82, 2.24) is 23.1 Å². The molecule has 0 aliphatic carbocycles. The number of nitrogens with zero attached hydrogens (tertiary/aromatic N) is 5. The molecule has 0 fully saturated rings. The fourth-order valence-electron chi connectivity index (χ4n) is 2.88. The Morgan fingerprint density at radius 2 is 1.77 bits per heavy atom. The highest BCUT2D eigenvalue weighted by molar-refractivity contribution is 6.17. The maximum Gasteiger partial charge on any atom is 0.332 e. The number of aryl methyl sites for hydroxylation is 3. The Bertz CT molecular complexity index is 1000. The third kappa shape index (κ3) is 1.78. The molecule has 0 saturated heterocycles. The van der Waals surface area contributed by atoms with Crippen LogP contribution in [0.1, 0.15) is 17.8 Å². The second-order valence-electron chi connectivity index (χ2n) is 5.49. The second kappa shape index (κ2) is 5.01. The van der Waals surface area contributed by atoms with Crippen molar-refractivity contribution in [3.05, 3.63) is 32.2 Å². The van der Waals surface area contributed by atoms with Gasteiger partial charge in [0.05, 0.1) is 0 Å². The van der Waals surface area contributed by atoms with E-state index in [-0.39, 0.29) is 11.2 Å². The summed E-state index contributed by atoms with van der Waals surface area (Å²) in [7, 11) is 3.11. The van der Waals surface area contributed by atoms with Crippen LogP contribution in [0.3, 0.4) is 0 Å². The predicted molar refractivity (Wildman–Crippen MR) is 86.0 cm³/mol. The normalized spacial score (nSPS) is 11.9. The quantitative estimate of drug-likeness (QED) is 0.674. The Balaban J connectivity index is 2.53. The van der Waals surface area contributed by atoms with Crippen LogP contribution in [0, 0.1) is 13.8 Å². The molecule has 0 amide bonds. The molecular formula is C14H18ClN5O2. The molecular weight excluding hydrogens is 306 g/mol. The van der Waals surface area contributed by atoms with Gasteiger partial charge in [0.15, 0.2) is 11.2 Å². The van der Waals surface area contributed by atoms with Crippen molar-refractivity contribution >= 4 is 28.5 Å². The van der Waals surface area contributed by atoms with Gasteiger partial charge in [-0.3, -0.25) is 18.3 Å². The molecule has 0 aliphatic rings. The zero-order valence-corrected chi connectivity index (χ0v) is 13.8. The smallest absolute Gasteiger partial charge is 0.314 e. The van der Waals surface area contributed by atoms with Crippen LogP contribution in [-0.2, 0) is 20.6 Å². The van der Waals surface area contributed by atoms with Crippen molar-refractivity contribution in [2.75, 3.05) is 5.88 Å². The highest BCUT2D eigenvalue weighted by Gasteiger charge is 2.21. The molecule has 3 aromatic heterocycles. The first kappa shape index (κ1) is 14.9. The fraction of sp³-hybridized carbons (Fsp3) is 0.500. The summed E-state index contributed by atoms with van der Waals surface area (Å²) in [5.74, 6) is 1.23. The van der Waals surface area contributed by atoms with Gasteiger partial charge in [0.1, 0.15) is 0 Å². The van der Waals surface area contributed by atoms with Crippen molar-refractivity contribution in [2.45, 2.75) is 26.8 Å². The van der Waals surface area contributed by atoms with Gasteiger partial charge < -0.3 is 4.57 Å². The highest BCUT2D eigenvalue weighted by atomic mass is 35.5. The topological polar surface area (TPSA) is 66.2 Å². The van der Waals surface area contributed by atoms with Crippen molar-refractivity contribution in [3.63, 3.8) is 0 Å². The summed E-state index contributed by atoms with van der Waals surface area (Å²) >= 11 is 5.79. The molecule has 0 atom stereocenters. The second-order valence-corrected chi connectivity index (χ2v) is 5.87. The largest absolute Gasteiger partial charge is 0.332 e. The summed E-state index contributed by atoms with van der Waals surface area (Å²) in [4.78, 5) is 29.1. The van der Waals surface area contributed by atoms with Crippen molar-refractivity contribution in [1.29, 1.82) is 0 Å². The first-order chi connectivity index (χ1) is 10.4. The molecule has 0 spiro atoms. The maximum atomic E-state index is 12.5. The van der Waals surface area contributed by atoms with Crippen molar-refractivity contribution in [2.24, 2.45) is 14.1 Å². The minimum Gasteiger partial charge on any atom is -0.314 e. The van der Waals surface area contributed by atoms with Crippen LogP contribution in [0.25, 0.3) is 16.9 Å². The van der Waals surface area contributed by atoms with E-state index < -0.39 is 0 Å². The van der Waals surface area contributed by atoms with E-state index in [0.717, 1.165) is 28.9 Å². The summed E-state index contributed by atoms with van der Waals surface area (Å²) in [6, 6.07) is 0. The molecule has 0 aliphatic heterocycles. The van der Waals surface area contributed by atoms with Crippen LogP contribution in [0.2, 0.25) is 0 Å². The van der Waals surface area contributed by atoms with Gasteiger partial charge in [-0.1, -0.05) is 0 Å². The average molecular weight is 324 g/mol. The Morgan fingerprint density at radius 1 is 1.09 bits per heavy atom. The van der Waals surface area contributed by atoms with Gasteiger partial charge in [-0.25, -0.2) is 4.79 Å². The lowest BCUT2D eigenvalue weighted by Crippen LogP contribution is -2.37. The Kier molecular flexibility index (Phi) is 3.40. The van der Waals surface area contributed by atoms with Crippen LogP contribution in [0.15, 0.2) is 9.59 Å². The van der Waals surface area contributed by atoms with Crippen LogP contribution >= 0.6 is 11.6 Å². The third-order valence-electron chi connectivity index (χ3n) is 4.26. The summed E-state index contributed by atoms with van der Waals surface area (Å²) in [5, 5.41) is 0. The van der Waals surface area contributed by atoms with Gasteiger partial charge in [-0.05, 0) is 20.3 Å². The van der Waals surface area contributed by atoms with Crippen molar-refractivity contribution < 1.29 is 0 Å². The monoisotopic (exact) mass is 323 g/mol. The van der Waals surface area contributed by atoms with Gasteiger partial charge in [0.25, 0.3) is 5.56 Å². The van der Waals surface area contributed by atoms with E-state index in [0.29, 0.717) is 22.8 Å². The van der Waals surface area contributed by atoms with E-state index in [9.17, 15) is 9.59 Å². The molecule has 3 heterocycles. The molecule has 0 bridgehead atoms. The van der Waals surface area contributed by atoms with Crippen LogP contribution < -0.4 is 11.2 Å². The fourth-order valence-corrected chi connectivity index (χ4v) is 3.00. The molecule has 0 saturated carbocycles. The first-order valence-electron chi connectivity index (χ1n) is 7.10. The van der Waals surface area contributed by atoms with E-state index in [1.165, 1.54) is 11.6 Å². The maximum absolute atomic E-state index is 12.5. The molecule has 118 valence electrons. The predicted octanol–water partition coefficient (Wildman–Crippen LogP) is 0.932. The Labute approximate surface area is 131 Å². The van der Waals surface area contributed by atoms with Gasteiger partial charge in [0.2, 0.25) is 5.78 Å². The van der Waals surface area contributed by atoms with Gasteiger partial charge in [-0.2, -0.15) is 4.98 Å². The zero-order valence-electron chi connectivity index (χ0n) is 13.1. The molecule has 0 N–H and O–H groups in total. The number of halogens is 1. The average Bonchev–Trinajstić information content (AvgIpc) is 2.99. The van der Waals surface area contributed by atoms with Crippen LogP contribution in [0.4, 0.5) is 0 Å². The number of hydrogen-bond donors (Lipinski definition) is 0. The number of aromatic nitrogens is 5. The van der Waals surface area contributed by atoms with Gasteiger partial charge in [-0.15, -0.1) is 11.6 Å². The summed E-state index contributed by atoms with van der Waals surface area (Å²) in [6.07, 6.45) is 0.812. The van der Waals surface area contributed by atoms with Crippen LogP contribution in [-0.4, -0.2) is 29.0 Å². The summed E-state index contributed by atoms with van der Waals surface area (Å²) in [6.45, 7) is 4.67. The summed E-state index contributed by atoms with van der Waals surface area (Å²) in [5.41, 5.74) is 2.13. The number of hydrogen-bond acceptors (Lipinski definition) is 3. The lowest BCUT2D eigenvalue weighted by atomic mass is 10.3. The first-order valence-corrected chi connectivity index (χ1v) is 7.63. The standard InChI is InChI=1S/C14H18ClN5O2/c1-8-9(2)20-10-11(16-13(20)19(8)7-5-6-15)17(3)14(22)18(4)12(10)21/h5-7H2,1-4H3. The van der Waals surface area contributed by atoms with E-state index in [2.05, 4.69) is 4.98 Å². The van der Waals surface area contributed by atoms with Gasteiger partial charge in [0, 0.05) is 37.9 Å². The molecule has 0 radical (unpaired) electrons. The third-order valence-corrected chi connectivity index (χ3v) is 4.53. The number of fused-ring (bicyclic) bond motifs is 3. The minimum absolute atomic E-state index is 0.330. The van der Waals surface area contributed by atoms with E-state index in [4.69, 9.17) is 11.6 Å². The molecule has 3 rings (SSSR count). The van der Waals surface area contributed by atoms with E-state index in [1.54, 1.807) is 7.05 Å². The molecule has 7 nitrogen and oxygen atoms in total.